The zero-order valence-electron chi connectivity index (χ0n) is 11.2. The van der Waals surface area contributed by atoms with E-state index in [1.807, 2.05) is 6.07 Å². The normalized spacial score (nSPS) is 12.0. The third-order valence-corrected chi connectivity index (χ3v) is 4.78. The average Bonchev–Trinajstić information content (AvgIpc) is 2.54. The van der Waals surface area contributed by atoms with Gasteiger partial charge in [-0.1, -0.05) is 66.2 Å². The Labute approximate surface area is 126 Å². The first-order chi connectivity index (χ1) is 10.3. The first-order valence-corrected chi connectivity index (χ1v) is 7.45. The lowest BCUT2D eigenvalue weighted by Gasteiger charge is -2.13. The lowest BCUT2D eigenvalue weighted by atomic mass is 9.91. The molecule has 0 N–H and O–H groups in total. The molecule has 0 aliphatic rings. The van der Waals surface area contributed by atoms with Gasteiger partial charge in [0.1, 0.15) is 0 Å². The summed E-state index contributed by atoms with van der Waals surface area (Å²) in [6, 6.07) is 23.7. The second-order valence-corrected chi connectivity index (χ2v) is 5.97. The number of hydrogen-bond acceptors (Lipinski definition) is 0. The van der Waals surface area contributed by atoms with E-state index in [2.05, 4.69) is 60.7 Å². The second-order valence-electron chi connectivity index (χ2n) is 5.57. The molecule has 21 heavy (non-hydrogen) atoms. The smallest absolute Gasteiger partial charge is 0.0485 e. The van der Waals surface area contributed by atoms with E-state index < -0.39 is 0 Å². The summed E-state index contributed by atoms with van der Waals surface area (Å²) in [7, 11) is 0. The van der Waals surface area contributed by atoms with Gasteiger partial charge in [-0.2, -0.15) is 0 Å². The van der Waals surface area contributed by atoms with Crippen LogP contribution in [0.15, 0.2) is 66.7 Å². The Hall–Kier alpha value is -2.31. The van der Waals surface area contributed by atoms with Crippen molar-refractivity contribution >= 4 is 54.7 Å². The molecule has 0 aliphatic carbocycles. The van der Waals surface area contributed by atoms with Crippen LogP contribution in [0, 0.1) is 0 Å². The number of fused-ring (bicyclic) bond motifs is 2. The maximum Gasteiger partial charge on any atom is 0.0485 e. The molecule has 0 saturated heterocycles. The summed E-state index contributed by atoms with van der Waals surface area (Å²) in [6.07, 6.45) is 0. The van der Waals surface area contributed by atoms with Gasteiger partial charge in [0.25, 0.3) is 0 Å². The van der Waals surface area contributed by atoms with E-state index in [0.29, 0.717) is 0 Å². The van der Waals surface area contributed by atoms with Crippen molar-refractivity contribution in [3.8, 4) is 0 Å². The van der Waals surface area contributed by atoms with E-state index in [-0.39, 0.29) is 0 Å². The van der Waals surface area contributed by atoms with Crippen molar-refractivity contribution in [2.24, 2.45) is 0 Å². The van der Waals surface area contributed by atoms with Gasteiger partial charge >= 0.3 is 0 Å². The van der Waals surface area contributed by atoms with Gasteiger partial charge in [0.05, 0.1) is 0 Å². The number of hydrogen-bond donors (Lipinski definition) is 0. The van der Waals surface area contributed by atoms with Gasteiger partial charge in [-0.25, -0.2) is 0 Å². The van der Waals surface area contributed by atoms with E-state index >= 15 is 0 Å². The third kappa shape index (κ3) is 1.40. The summed E-state index contributed by atoms with van der Waals surface area (Å²) >= 11 is 6.40. The monoisotopic (exact) mass is 286 g/mol. The molecule has 0 bridgehead atoms. The van der Waals surface area contributed by atoms with Gasteiger partial charge in [0.15, 0.2) is 0 Å². The molecule has 0 atom stereocenters. The van der Waals surface area contributed by atoms with Gasteiger partial charge < -0.3 is 0 Å². The minimum Gasteiger partial charge on any atom is -0.0837 e. The number of halogens is 1. The first kappa shape index (κ1) is 11.4. The van der Waals surface area contributed by atoms with E-state index in [9.17, 15) is 0 Å². The summed E-state index contributed by atoms with van der Waals surface area (Å²) in [5.74, 6) is 0. The van der Waals surface area contributed by atoms with Crippen LogP contribution in [-0.2, 0) is 0 Å². The molecule has 0 unspecified atom stereocenters. The molecule has 0 fully saturated rings. The Morgan fingerprint density at radius 2 is 1.24 bits per heavy atom. The zero-order chi connectivity index (χ0) is 14.0. The highest BCUT2D eigenvalue weighted by molar-refractivity contribution is 6.39. The minimum atomic E-state index is 0.824. The summed E-state index contributed by atoms with van der Waals surface area (Å²) < 4.78 is 0. The number of benzene rings is 5. The molecule has 0 saturated carbocycles. The summed E-state index contributed by atoms with van der Waals surface area (Å²) in [5.41, 5.74) is 0. The molecule has 5 aromatic carbocycles. The predicted molar refractivity (Wildman–Crippen MR) is 92.7 cm³/mol. The fraction of sp³-hybridized carbons (Fsp3) is 0. The summed E-state index contributed by atoms with van der Waals surface area (Å²) in [5, 5.41) is 11.0. The van der Waals surface area contributed by atoms with Gasteiger partial charge in [-0.15, -0.1) is 0 Å². The summed E-state index contributed by atoms with van der Waals surface area (Å²) in [4.78, 5) is 0. The van der Waals surface area contributed by atoms with Crippen LogP contribution in [0.3, 0.4) is 0 Å². The van der Waals surface area contributed by atoms with Crippen molar-refractivity contribution in [1.29, 1.82) is 0 Å². The molecule has 5 aromatic rings. The van der Waals surface area contributed by atoms with E-state index in [0.717, 1.165) is 10.4 Å². The van der Waals surface area contributed by atoms with Crippen LogP contribution >= 0.6 is 11.6 Å². The maximum atomic E-state index is 6.40. The molecular formula is C20H11Cl. The van der Waals surface area contributed by atoms with Crippen molar-refractivity contribution in [2.75, 3.05) is 0 Å². The molecule has 0 radical (unpaired) electrons. The van der Waals surface area contributed by atoms with Crippen LogP contribution in [0.25, 0.3) is 43.1 Å². The fourth-order valence-corrected chi connectivity index (χ4v) is 3.74. The van der Waals surface area contributed by atoms with Gasteiger partial charge in [-0.3, -0.25) is 0 Å². The molecule has 0 aliphatic heterocycles. The minimum absolute atomic E-state index is 0.824. The van der Waals surface area contributed by atoms with E-state index in [1.54, 1.807) is 0 Å². The molecule has 0 heterocycles. The molecule has 5 rings (SSSR count). The van der Waals surface area contributed by atoms with Crippen molar-refractivity contribution in [1.82, 2.24) is 0 Å². The molecule has 0 spiro atoms. The maximum absolute atomic E-state index is 6.40. The fourth-order valence-electron chi connectivity index (χ4n) is 3.52. The van der Waals surface area contributed by atoms with Crippen molar-refractivity contribution in [2.45, 2.75) is 0 Å². The first-order valence-electron chi connectivity index (χ1n) is 7.08. The van der Waals surface area contributed by atoms with Crippen molar-refractivity contribution in [3.63, 3.8) is 0 Å². The van der Waals surface area contributed by atoms with Crippen LogP contribution in [0.4, 0.5) is 0 Å². The lowest BCUT2D eigenvalue weighted by Crippen LogP contribution is -1.86. The molecule has 0 aromatic heterocycles. The SMILES string of the molecule is Clc1ccc2ccc3cc4ccccc4c4ccc1c2c34. The highest BCUT2D eigenvalue weighted by atomic mass is 35.5. The van der Waals surface area contributed by atoms with Crippen LogP contribution in [-0.4, -0.2) is 0 Å². The van der Waals surface area contributed by atoms with Gasteiger partial charge in [-0.05, 0) is 49.8 Å². The quantitative estimate of drug-likeness (QED) is 0.228. The van der Waals surface area contributed by atoms with Gasteiger partial charge in [0.2, 0.25) is 0 Å². The molecular weight excluding hydrogens is 276 g/mol. The van der Waals surface area contributed by atoms with E-state index in [1.165, 1.54) is 37.7 Å². The standard InChI is InChI=1S/C20H11Cl/c21-18-10-7-12-5-6-14-11-13-3-1-2-4-15(13)16-8-9-17(18)19(12)20(14)16/h1-11H. The average molecular weight is 287 g/mol. The van der Waals surface area contributed by atoms with Crippen LogP contribution in [0.5, 0.6) is 0 Å². The Kier molecular flexibility index (Phi) is 2.09. The zero-order valence-corrected chi connectivity index (χ0v) is 12.0. The lowest BCUT2D eigenvalue weighted by molar-refractivity contribution is 1.78. The van der Waals surface area contributed by atoms with Crippen LogP contribution < -0.4 is 0 Å². The highest BCUT2D eigenvalue weighted by Crippen LogP contribution is 2.40. The Morgan fingerprint density at radius 1 is 0.524 bits per heavy atom. The molecule has 0 amide bonds. The largest absolute Gasteiger partial charge is 0.0837 e. The van der Waals surface area contributed by atoms with Crippen molar-refractivity contribution in [3.05, 3.63) is 71.8 Å². The Bertz CT molecular complexity index is 1140. The predicted octanol–water partition coefficient (Wildman–Crippen LogP) is 6.39. The molecule has 1 heteroatoms. The van der Waals surface area contributed by atoms with E-state index in [4.69, 9.17) is 11.6 Å². The Morgan fingerprint density at radius 3 is 2.19 bits per heavy atom. The number of rotatable bonds is 0. The summed E-state index contributed by atoms with van der Waals surface area (Å²) in [6.45, 7) is 0. The van der Waals surface area contributed by atoms with Crippen LogP contribution in [0.2, 0.25) is 5.02 Å². The Balaban J connectivity index is 2.21. The molecule has 0 nitrogen and oxygen atoms in total. The molecule has 98 valence electrons. The van der Waals surface area contributed by atoms with Crippen molar-refractivity contribution < 1.29 is 0 Å². The van der Waals surface area contributed by atoms with Crippen LogP contribution in [0.1, 0.15) is 0 Å². The third-order valence-electron chi connectivity index (χ3n) is 4.45. The topological polar surface area (TPSA) is 0 Å². The second kappa shape index (κ2) is 3.87. The van der Waals surface area contributed by atoms with Gasteiger partial charge in [0, 0.05) is 10.4 Å². The highest BCUT2D eigenvalue weighted by Gasteiger charge is 2.12.